The van der Waals surface area contributed by atoms with Crippen molar-refractivity contribution in [1.29, 1.82) is 0 Å². The molecule has 1 aliphatic carbocycles. The summed E-state index contributed by atoms with van der Waals surface area (Å²) in [6.07, 6.45) is 7.83. The van der Waals surface area contributed by atoms with Crippen LogP contribution in [0.3, 0.4) is 0 Å². The number of nitrogens with one attached hydrogen (secondary N) is 1. The summed E-state index contributed by atoms with van der Waals surface area (Å²) in [5, 5.41) is 16.6. The maximum Gasteiger partial charge on any atom is 0.200 e. The van der Waals surface area contributed by atoms with Gasteiger partial charge in [0, 0.05) is 25.4 Å². The van der Waals surface area contributed by atoms with Gasteiger partial charge in [-0.3, -0.25) is 0 Å². The smallest absolute Gasteiger partial charge is 0.200 e. The number of hydrogen-bond acceptors (Lipinski definition) is 5. The number of aryl methyl sites for hydroxylation is 1. The maximum absolute atomic E-state index is 4.65. The van der Waals surface area contributed by atoms with E-state index in [9.17, 15) is 0 Å². The predicted octanol–water partition coefficient (Wildman–Crippen LogP) is 2.94. The summed E-state index contributed by atoms with van der Waals surface area (Å²) in [7, 11) is 2.01. The lowest BCUT2D eigenvalue weighted by Gasteiger charge is -2.21. The van der Waals surface area contributed by atoms with Crippen molar-refractivity contribution < 1.29 is 0 Å². The second kappa shape index (κ2) is 5.94. The van der Waals surface area contributed by atoms with Gasteiger partial charge in [-0.25, -0.2) is 4.98 Å². The molecule has 4 aromatic rings. The van der Waals surface area contributed by atoms with Gasteiger partial charge in [0.05, 0.1) is 11.4 Å². The highest BCUT2D eigenvalue weighted by atomic mass is 15.4. The van der Waals surface area contributed by atoms with E-state index < -0.39 is 0 Å². The molecule has 1 unspecified atom stereocenters. The molecule has 1 fully saturated rings. The third-order valence-electron chi connectivity index (χ3n) is 4.83. The fraction of sp³-hybridized carbons (Fsp3) is 0.263. The number of benzene rings is 1. The molecular formula is C19H19N7. The summed E-state index contributed by atoms with van der Waals surface area (Å²) >= 11 is 0. The molecule has 0 amide bonds. The lowest BCUT2D eigenvalue weighted by molar-refractivity contribution is 0.746. The molecule has 0 spiro atoms. The molecule has 0 saturated heterocycles. The minimum Gasteiger partial charge on any atom is -0.368 e. The van der Waals surface area contributed by atoms with Gasteiger partial charge in [0.15, 0.2) is 0 Å². The van der Waals surface area contributed by atoms with Gasteiger partial charge >= 0.3 is 0 Å². The van der Waals surface area contributed by atoms with Gasteiger partial charge in [-0.1, -0.05) is 30.3 Å². The van der Waals surface area contributed by atoms with Crippen molar-refractivity contribution in [3.05, 3.63) is 72.2 Å². The minimum absolute atomic E-state index is 0.0915. The summed E-state index contributed by atoms with van der Waals surface area (Å²) in [5.74, 6) is 1.49. The van der Waals surface area contributed by atoms with Gasteiger partial charge in [0.25, 0.3) is 0 Å². The van der Waals surface area contributed by atoms with Crippen LogP contribution >= 0.6 is 0 Å². The van der Waals surface area contributed by atoms with Gasteiger partial charge in [-0.2, -0.15) is 9.61 Å². The number of hydrogen-bond donors (Lipinski definition) is 1. The third kappa shape index (κ3) is 2.61. The van der Waals surface area contributed by atoms with E-state index in [2.05, 4.69) is 43.8 Å². The molecule has 1 aliphatic rings. The zero-order valence-electron chi connectivity index (χ0n) is 14.4. The Balaban J connectivity index is 1.62. The second-order valence-corrected chi connectivity index (χ2v) is 6.74. The number of imidazole rings is 1. The van der Waals surface area contributed by atoms with Crippen LogP contribution in [0.25, 0.3) is 5.65 Å². The highest BCUT2D eigenvalue weighted by molar-refractivity contribution is 5.68. The average molecular weight is 345 g/mol. The van der Waals surface area contributed by atoms with E-state index in [0.29, 0.717) is 5.92 Å². The molecule has 7 nitrogen and oxygen atoms in total. The van der Waals surface area contributed by atoms with Crippen molar-refractivity contribution in [2.24, 2.45) is 7.05 Å². The van der Waals surface area contributed by atoms with E-state index in [1.165, 1.54) is 12.8 Å². The Hall–Kier alpha value is -3.22. The number of aromatic nitrogens is 6. The largest absolute Gasteiger partial charge is 0.368 e. The first kappa shape index (κ1) is 15.1. The topological polar surface area (TPSA) is 72.9 Å². The number of fused-ring (bicyclic) bond motifs is 1. The Kier molecular flexibility index (Phi) is 3.44. The highest BCUT2D eigenvalue weighted by Gasteiger charge is 2.27. The zero-order chi connectivity index (χ0) is 17.5. The van der Waals surface area contributed by atoms with Gasteiger partial charge in [-0.05, 0) is 24.5 Å². The van der Waals surface area contributed by atoms with E-state index >= 15 is 0 Å². The standard InChI is InChI=1S/C19H19N7/c1-25-10-9-20-19(25)17(14-5-3-2-4-6-14)22-16-11-15(13-7-8-13)24-26-12-21-23-18(16)26/h2-6,9-13,17,22H,7-8H2,1H3. The van der Waals surface area contributed by atoms with Crippen LogP contribution in [0.1, 0.15) is 41.9 Å². The Bertz CT molecular complexity index is 1050. The Morgan fingerprint density at radius 3 is 2.77 bits per heavy atom. The van der Waals surface area contributed by atoms with Crippen molar-refractivity contribution in [3.8, 4) is 0 Å². The molecule has 0 aliphatic heterocycles. The van der Waals surface area contributed by atoms with Crippen molar-refractivity contribution in [2.75, 3.05) is 5.32 Å². The fourth-order valence-corrected chi connectivity index (χ4v) is 3.28. The van der Waals surface area contributed by atoms with E-state index in [1.54, 1.807) is 10.8 Å². The monoisotopic (exact) mass is 345 g/mol. The number of anilines is 1. The average Bonchev–Trinajstić information content (AvgIpc) is 3.26. The molecule has 1 N–H and O–H groups in total. The summed E-state index contributed by atoms with van der Waals surface area (Å²) in [6, 6.07) is 12.3. The Morgan fingerprint density at radius 1 is 1.19 bits per heavy atom. The van der Waals surface area contributed by atoms with E-state index in [0.717, 1.165) is 28.4 Å². The summed E-state index contributed by atoms with van der Waals surface area (Å²) in [6.45, 7) is 0. The molecule has 1 aromatic carbocycles. The normalized spacial score (nSPS) is 15.3. The van der Waals surface area contributed by atoms with Crippen LogP contribution < -0.4 is 5.32 Å². The minimum atomic E-state index is -0.0915. The van der Waals surface area contributed by atoms with Crippen LogP contribution in [-0.4, -0.2) is 29.4 Å². The first-order chi connectivity index (χ1) is 12.8. The molecule has 26 heavy (non-hydrogen) atoms. The van der Waals surface area contributed by atoms with Gasteiger partial charge in [0.1, 0.15) is 18.2 Å². The zero-order valence-corrected chi connectivity index (χ0v) is 14.4. The molecule has 7 heteroatoms. The lowest BCUT2D eigenvalue weighted by atomic mass is 10.1. The molecule has 0 radical (unpaired) electrons. The van der Waals surface area contributed by atoms with Gasteiger partial charge < -0.3 is 9.88 Å². The van der Waals surface area contributed by atoms with E-state index in [-0.39, 0.29) is 6.04 Å². The molecule has 1 atom stereocenters. The summed E-state index contributed by atoms with van der Waals surface area (Å²) < 4.78 is 3.80. The van der Waals surface area contributed by atoms with Crippen LogP contribution in [0.15, 0.2) is 55.1 Å². The molecular weight excluding hydrogens is 326 g/mol. The lowest BCUT2D eigenvalue weighted by Crippen LogP contribution is -2.17. The van der Waals surface area contributed by atoms with Crippen molar-refractivity contribution in [1.82, 2.24) is 29.4 Å². The number of rotatable bonds is 5. The van der Waals surface area contributed by atoms with Crippen LogP contribution in [0.5, 0.6) is 0 Å². The highest BCUT2D eigenvalue weighted by Crippen LogP contribution is 2.40. The van der Waals surface area contributed by atoms with Crippen molar-refractivity contribution in [3.63, 3.8) is 0 Å². The molecule has 3 heterocycles. The molecule has 130 valence electrons. The van der Waals surface area contributed by atoms with Crippen LogP contribution in [-0.2, 0) is 7.05 Å². The second-order valence-electron chi connectivity index (χ2n) is 6.74. The predicted molar refractivity (Wildman–Crippen MR) is 97.9 cm³/mol. The Labute approximate surface area is 150 Å². The third-order valence-corrected chi connectivity index (χ3v) is 4.83. The first-order valence-electron chi connectivity index (χ1n) is 8.79. The SMILES string of the molecule is Cn1ccnc1C(Nc1cc(C2CC2)nn2cnnc12)c1ccccc1. The van der Waals surface area contributed by atoms with Crippen LogP contribution in [0.4, 0.5) is 5.69 Å². The van der Waals surface area contributed by atoms with E-state index in [1.807, 2.05) is 42.2 Å². The van der Waals surface area contributed by atoms with Crippen molar-refractivity contribution in [2.45, 2.75) is 24.8 Å². The molecule has 3 aromatic heterocycles. The molecule has 0 bridgehead atoms. The fourth-order valence-electron chi connectivity index (χ4n) is 3.28. The van der Waals surface area contributed by atoms with Crippen LogP contribution in [0.2, 0.25) is 0 Å². The molecule has 1 saturated carbocycles. The first-order valence-corrected chi connectivity index (χ1v) is 8.79. The number of nitrogens with zero attached hydrogens (tertiary/aromatic N) is 6. The molecule has 5 rings (SSSR count). The maximum atomic E-state index is 4.65. The quantitative estimate of drug-likeness (QED) is 0.602. The van der Waals surface area contributed by atoms with Crippen LogP contribution in [0, 0.1) is 0 Å². The summed E-state index contributed by atoms with van der Waals surface area (Å²) in [4.78, 5) is 4.57. The Morgan fingerprint density at radius 2 is 2.04 bits per heavy atom. The summed E-state index contributed by atoms with van der Waals surface area (Å²) in [5.41, 5.74) is 3.89. The van der Waals surface area contributed by atoms with Crippen molar-refractivity contribution >= 4 is 11.3 Å². The van der Waals surface area contributed by atoms with Gasteiger partial charge in [-0.15, -0.1) is 10.2 Å². The van der Waals surface area contributed by atoms with E-state index in [4.69, 9.17) is 0 Å². The van der Waals surface area contributed by atoms with Gasteiger partial charge in [0.2, 0.25) is 5.65 Å².